The van der Waals surface area contributed by atoms with E-state index in [9.17, 15) is 9.59 Å². The fraction of sp³-hybridized carbons (Fsp3) is 0.241. The number of nitrogens with one attached hydrogen (secondary N) is 1. The second kappa shape index (κ2) is 13.2. The molecular weight excluding hydrogens is 484 g/mol. The lowest BCUT2D eigenvalue weighted by molar-refractivity contribution is -0.143. The van der Waals surface area contributed by atoms with Crippen LogP contribution in [0.1, 0.15) is 48.6 Å². The number of amides is 1. The maximum Gasteiger partial charge on any atom is 0.408 e. The summed E-state index contributed by atoms with van der Waals surface area (Å²) in [6.07, 6.45) is 13.7. The smallest absolute Gasteiger partial charge is 0.408 e. The first-order valence-corrected chi connectivity index (χ1v) is 12.0. The molecule has 2 heterocycles. The molecule has 1 atom stereocenters. The maximum atomic E-state index is 12.6. The van der Waals surface area contributed by atoms with E-state index in [4.69, 9.17) is 20.2 Å². The summed E-state index contributed by atoms with van der Waals surface area (Å²) in [6, 6.07) is 10.2. The van der Waals surface area contributed by atoms with E-state index >= 15 is 0 Å². The van der Waals surface area contributed by atoms with Gasteiger partial charge in [0.1, 0.15) is 11.6 Å². The Morgan fingerprint density at radius 2 is 1.42 bits per heavy atom. The van der Waals surface area contributed by atoms with E-state index in [1.54, 1.807) is 45.6 Å². The van der Waals surface area contributed by atoms with Crippen LogP contribution in [0, 0.1) is 0 Å². The van der Waals surface area contributed by atoms with Gasteiger partial charge >= 0.3 is 12.1 Å². The van der Waals surface area contributed by atoms with E-state index in [1.807, 2.05) is 60.7 Å². The molecule has 1 amide bonds. The molecule has 0 aliphatic rings. The minimum absolute atomic E-state index is 0.142. The molecule has 3 rings (SSSR count). The van der Waals surface area contributed by atoms with Crippen molar-refractivity contribution in [2.45, 2.75) is 38.8 Å². The third kappa shape index (κ3) is 8.56. The Labute approximate surface area is 222 Å². The van der Waals surface area contributed by atoms with Gasteiger partial charge in [0.25, 0.3) is 0 Å². The van der Waals surface area contributed by atoms with Crippen LogP contribution in [-0.2, 0) is 20.7 Å². The van der Waals surface area contributed by atoms with E-state index in [0.29, 0.717) is 16.9 Å². The van der Waals surface area contributed by atoms with Gasteiger partial charge in [-0.1, -0.05) is 24.3 Å². The van der Waals surface area contributed by atoms with E-state index in [0.717, 1.165) is 16.7 Å². The SMILES string of the molecule is COC(=O)C(Cc1cc(/C=C/c2ccncc2)c(ON)c(/C=C/c2ccncc2)c1)NC(=O)OC(C)(C)C. The molecule has 0 saturated heterocycles. The molecule has 9 nitrogen and oxygen atoms in total. The number of alkyl carbamates (subject to hydrolysis) is 1. The Balaban J connectivity index is 2.01. The second-order valence-electron chi connectivity index (χ2n) is 9.38. The molecule has 3 N–H and O–H groups in total. The molecule has 1 aromatic carbocycles. The van der Waals surface area contributed by atoms with Crippen molar-refractivity contribution in [3.8, 4) is 5.75 Å². The molecule has 0 saturated carbocycles. The zero-order valence-corrected chi connectivity index (χ0v) is 21.9. The minimum atomic E-state index is -0.978. The van der Waals surface area contributed by atoms with Crippen molar-refractivity contribution in [1.82, 2.24) is 15.3 Å². The minimum Gasteiger partial charge on any atom is -0.467 e. The van der Waals surface area contributed by atoms with Crippen LogP contribution in [0.25, 0.3) is 24.3 Å². The number of ether oxygens (including phenoxy) is 2. The molecule has 0 radical (unpaired) electrons. The van der Waals surface area contributed by atoms with Crippen molar-refractivity contribution >= 4 is 36.4 Å². The number of nitrogens with zero attached hydrogens (tertiary/aromatic N) is 2. The Hall–Kier alpha value is -4.50. The first kappa shape index (κ1) is 28.1. The molecule has 3 aromatic rings. The summed E-state index contributed by atoms with van der Waals surface area (Å²) in [7, 11) is 1.27. The average molecular weight is 517 g/mol. The van der Waals surface area contributed by atoms with Crippen molar-refractivity contribution in [3.63, 3.8) is 0 Å². The van der Waals surface area contributed by atoms with Gasteiger partial charge in [-0.2, -0.15) is 5.90 Å². The van der Waals surface area contributed by atoms with Crippen LogP contribution in [0.2, 0.25) is 0 Å². The third-order valence-electron chi connectivity index (χ3n) is 5.26. The van der Waals surface area contributed by atoms with Gasteiger partial charge in [-0.25, -0.2) is 9.59 Å². The van der Waals surface area contributed by atoms with Gasteiger partial charge in [-0.3, -0.25) is 9.97 Å². The lowest BCUT2D eigenvalue weighted by atomic mass is 9.97. The van der Waals surface area contributed by atoms with Gasteiger partial charge in [0, 0.05) is 42.3 Å². The van der Waals surface area contributed by atoms with Crippen LogP contribution in [-0.4, -0.2) is 40.8 Å². The van der Waals surface area contributed by atoms with Crippen LogP contribution < -0.4 is 16.1 Å². The molecule has 0 aliphatic heterocycles. The third-order valence-corrected chi connectivity index (χ3v) is 5.26. The van der Waals surface area contributed by atoms with Crippen LogP contribution in [0.3, 0.4) is 0 Å². The lowest BCUT2D eigenvalue weighted by Crippen LogP contribution is -2.45. The summed E-state index contributed by atoms with van der Waals surface area (Å²) in [4.78, 5) is 38.3. The number of nitrogens with two attached hydrogens (primary N) is 1. The second-order valence-corrected chi connectivity index (χ2v) is 9.38. The summed E-state index contributed by atoms with van der Waals surface area (Å²) >= 11 is 0. The zero-order chi connectivity index (χ0) is 27.5. The first-order chi connectivity index (χ1) is 18.2. The van der Waals surface area contributed by atoms with Crippen molar-refractivity contribution in [1.29, 1.82) is 0 Å². The number of hydrogen-bond acceptors (Lipinski definition) is 8. The molecule has 38 heavy (non-hydrogen) atoms. The molecule has 0 fully saturated rings. The number of hydrogen-bond donors (Lipinski definition) is 2. The van der Waals surface area contributed by atoms with E-state index in [-0.39, 0.29) is 6.42 Å². The van der Waals surface area contributed by atoms with Crippen molar-refractivity contribution in [2.75, 3.05) is 7.11 Å². The monoisotopic (exact) mass is 516 g/mol. The highest BCUT2D eigenvalue weighted by Gasteiger charge is 2.26. The first-order valence-electron chi connectivity index (χ1n) is 12.0. The molecule has 1 unspecified atom stereocenters. The normalized spacial score (nSPS) is 12.3. The summed E-state index contributed by atoms with van der Waals surface area (Å²) < 4.78 is 10.3. The molecular formula is C29H32N4O5. The standard InChI is InChI=1S/C29H32N4O5/c1-29(2,3)37-28(35)33-25(27(34)36-4)19-22-17-23(7-5-20-9-13-31-14-10-20)26(38-30)24(18-22)8-6-21-11-15-32-16-12-21/h5-18,25H,19,30H2,1-4H3,(H,33,35)/b7-5+,8-6+. The molecule has 0 spiro atoms. The van der Waals surface area contributed by atoms with Crippen molar-refractivity contribution in [3.05, 3.63) is 89.0 Å². The van der Waals surface area contributed by atoms with Gasteiger partial charge < -0.3 is 19.6 Å². The van der Waals surface area contributed by atoms with Gasteiger partial charge in [0.05, 0.1) is 7.11 Å². The predicted octanol–water partition coefficient (Wildman–Crippen LogP) is 4.68. The zero-order valence-electron chi connectivity index (χ0n) is 21.9. The number of pyridine rings is 2. The molecule has 2 aromatic heterocycles. The summed E-state index contributed by atoms with van der Waals surface area (Å²) in [6.45, 7) is 5.23. The fourth-order valence-electron chi connectivity index (χ4n) is 3.58. The topological polar surface area (TPSA) is 126 Å². The number of methoxy groups -OCH3 is 1. The van der Waals surface area contributed by atoms with Gasteiger partial charge in [-0.15, -0.1) is 0 Å². The largest absolute Gasteiger partial charge is 0.467 e. The summed E-state index contributed by atoms with van der Waals surface area (Å²) in [5.41, 5.74) is 3.23. The van der Waals surface area contributed by atoms with Crippen LogP contribution in [0.5, 0.6) is 5.75 Å². The summed E-state index contributed by atoms with van der Waals surface area (Å²) in [5, 5.41) is 2.61. The highest BCUT2D eigenvalue weighted by atomic mass is 16.6. The van der Waals surface area contributed by atoms with Gasteiger partial charge in [0.15, 0.2) is 5.75 Å². The number of esters is 1. The van der Waals surface area contributed by atoms with Gasteiger partial charge in [0.2, 0.25) is 0 Å². The number of carbonyl (C=O) groups excluding carboxylic acids is 2. The average Bonchev–Trinajstić information content (AvgIpc) is 2.89. The van der Waals surface area contributed by atoms with Crippen LogP contribution in [0.4, 0.5) is 4.79 Å². The van der Waals surface area contributed by atoms with Crippen LogP contribution >= 0.6 is 0 Å². The van der Waals surface area contributed by atoms with Gasteiger partial charge in [-0.05, 0) is 73.9 Å². The lowest BCUT2D eigenvalue weighted by Gasteiger charge is -2.23. The molecule has 9 heteroatoms. The molecule has 198 valence electrons. The maximum absolute atomic E-state index is 12.6. The van der Waals surface area contributed by atoms with E-state index < -0.39 is 23.7 Å². The highest BCUT2D eigenvalue weighted by Crippen LogP contribution is 2.30. The highest BCUT2D eigenvalue weighted by molar-refractivity contribution is 5.83. The number of aromatic nitrogens is 2. The number of benzene rings is 1. The summed E-state index contributed by atoms with van der Waals surface area (Å²) in [5.74, 6) is 5.54. The van der Waals surface area contributed by atoms with Crippen molar-refractivity contribution in [2.24, 2.45) is 5.90 Å². The Morgan fingerprint density at radius 1 is 0.921 bits per heavy atom. The Morgan fingerprint density at radius 3 is 1.84 bits per heavy atom. The Kier molecular flexibility index (Phi) is 9.72. The molecule has 0 aliphatic carbocycles. The molecule has 0 bridgehead atoms. The van der Waals surface area contributed by atoms with E-state index in [1.165, 1.54) is 7.11 Å². The number of carbonyl (C=O) groups is 2. The quantitative estimate of drug-likeness (QED) is 0.310. The Bertz CT molecular complexity index is 1210. The van der Waals surface area contributed by atoms with E-state index in [2.05, 4.69) is 15.3 Å². The van der Waals surface area contributed by atoms with Crippen molar-refractivity contribution < 1.29 is 23.9 Å². The fourth-order valence-corrected chi connectivity index (χ4v) is 3.58. The number of rotatable bonds is 9. The van der Waals surface area contributed by atoms with Crippen LogP contribution in [0.15, 0.2) is 61.2 Å². The predicted molar refractivity (Wildman–Crippen MR) is 146 cm³/mol.